The van der Waals surface area contributed by atoms with Gasteiger partial charge in [-0.2, -0.15) is 0 Å². The molecule has 0 fully saturated rings. The standard InChI is InChI=1S/C12H17FN2O2/c1-12(2,7-14)15-11(16)8-4-5-9(13)10(6-8)17-3/h4-6H,7,14H2,1-3H3,(H,15,16). The molecule has 0 atom stereocenters. The van der Waals surface area contributed by atoms with E-state index in [1.54, 1.807) is 0 Å². The number of nitrogens with two attached hydrogens (primary N) is 1. The third-order valence-electron chi connectivity index (χ3n) is 2.38. The van der Waals surface area contributed by atoms with E-state index in [-0.39, 0.29) is 11.7 Å². The van der Waals surface area contributed by atoms with Crippen molar-refractivity contribution in [2.75, 3.05) is 13.7 Å². The highest BCUT2D eigenvalue weighted by atomic mass is 19.1. The number of nitrogens with one attached hydrogen (secondary N) is 1. The van der Waals surface area contributed by atoms with Gasteiger partial charge >= 0.3 is 0 Å². The summed E-state index contributed by atoms with van der Waals surface area (Å²) in [6.07, 6.45) is 0. The zero-order valence-corrected chi connectivity index (χ0v) is 10.2. The molecule has 0 heterocycles. The quantitative estimate of drug-likeness (QED) is 0.833. The summed E-state index contributed by atoms with van der Waals surface area (Å²) < 4.78 is 18.0. The van der Waals surface area contributed by atoms with Gasteiger partial charge in [-0.1, -0.05) is 0 Å². The van der Waals surface area contributed by atoms with Gasteiger partial charge in [0, 0.05) is 17.6 Å². The maximum atomic E-state index is 13.2. The topological polar surface area (TPSA) is 64.3 Å². The summed E-state index contributed by atoms with van der Waals surface area (Å²) in [6, 6.07) is 3.96. The SMILES string of the molecule is COc1cc(C(=O)NC(C)(C)CN)ccc1F. The molecule has 0 radical (unpaired) electrons. The van der Waals surface area contributed by atoms with Crippen molar-refractivity contribution in [1.82, 2.24) is 5.32 Å². The van der Waals surface area contributed by atoms with Gasteiger partial charge < -0.3 is 15.8 Å². The molecule has 1 aromatic rings. The van der Waals surface area contributed by atoms with Crippen LogP contribution in [0.25, 0.3) is 0 Å². The van der Waals surface area contributed by atoms with Gasteiger partial charge in [-0.3, -0.25) is 4.79 Å². The number of amides is 1. The van der Waals surface area contributed by atoms with Gasteiger partial charge in [-0.25, -0.2) is 4.39 Å². The molecule has 1 aromatic carbocycles. The average molecular weight is 240 g/mol. The summed E-state index contributed by atoms with van der Waals surface area (Å²) in [5, 5.41) is 2.75. The fraction of sp³-hybridized carbons (Fsp3) is 0.417. The lowest BCUT2D eigenvalue weighted by atomic mass is 10.1. The van der Waals surface area contributed by atoms with E-state index in [9.17, 15) is 9.18 Å². The summed E-state index contributed by atoms with van der Waals surface area (Å²) >= 11 is 0. The highest BCUT2D eigenvalue weighted by Gasteiger charge is 2.19. The van der Waals surface area contributed by atoms with Crippen LogP contribution >= 0.6 is 0 Å². The molecule has 94 valence electrons. The van der Waals surface area contributed by atoms with Gasteiger partial charge in [0.1, 0.15) is 0 Å². The maximum Gasteiger partial charge on any atom is 0.251 e. The van der Waals surface area contributed by atoms with E-state index in [1.165, 1.54) is 25.3 Å². The fourth-order valence-electron chi connectivity index (χ4n) is 1.23. The second kappa shape index (κ2) is 5.14. The maximum absolute atomic E-state index is 13.2. The first-order chi connectivity index (χ1) is 7.89. The van der Waals surface area contributed by atoms with Crippen LogP contribution in [0.3, 0.4) is 0 Å². The number of halogens is 1. The number of hydrogen-bond donors (Lipinski definition) is 2. The van der Waals surface area contributed by atoms with Crippen LogP contribution in [-0.4, -0.2) is 25.1 Å². The Kier molecular flexibility index (Phi) is 4.07. The van der Waals surface area contributed by atoms with E-state index in [0.717, 1.165) is 0 Å². The van der Waals surface area contributed by atoms with Gasteiger partial charge in [0.25, 0.3) is 5.91 Å². The third kappa shape index (κ3) is 3.42. The zero-order chi connectivity index (χ0) is 13.1. The lowest BCUT2D eigenvalue weighted by Gasteiger charge is -2.24. The molecule has 1 amide bonds. The fourth-order valence-corrected chi connectivity index (χ4v) is 1.23. The summed E-state index contributed by atoms with van der Waals surface area (Å²) in [6.45, 7) is 3.94. The molecular formula is C12H17FN2O2. The molecule has 0 saturated carbocycles. The van der Waals surface area contributed by atoms with Crippen LogP contribution in [0.15, 0.2) is 18.2 Å². The number of ether oxygens (including phenoxy) is 1. The van der Waals surface area contributed by atoms with Gasteiger partial charge in [0.2, 0.25) is 0 Å². The van der Waals surface area contributed by atoms with Crippen LogP contribution in [0.2, 0.25) is 0 Å². The highest BCUT2D eigenvalue weighted by molar-refractivity contribution is 5.95. The first-order valence-corrected chi connectivity index (χ1v) is 5.26. The van der Waals surface area contributed by atoms with Crippen LogP contribution in [-0.2, 0) is 0 Å². The van der Waals surface area contributed by atoms with Crippen LogP contribution in [0.5, 0.6) is 5.75 Å². The first kappa shape index (κ1) is 13.4. The molecule has 0 saturated heterocycles. The first-order valence-electron chi connectivity index (χ1n) is 5.26. The molecule has 0 aromatic heterocycles. The van der Waals surface area contributed by atoms with E-state index in [1.807, 2.05) is 13.8 Å². The van der Waals surface area contributed by atoms with Gasteiger partial charge in [0.15, 0.2) is 11.6 Å². The van der Waals surface area contributed by atoms with Crippen molar-refractivity contribution >= 4 is 5.91 Å². The number of benzene rings is 1. The second-order valence-corrected chi connectivity index (χ2v) is 4.39. The normalized spacial score (nSPS) is 11.1. The molecule has 5 heteroatoms. The Hall–Kier alpha value is -1.62. The smallest absolute Gasteiger partial charge is 0.251 e. The second-order valence-electron chi connectivity index (χ2n) is 4.39. The molecule has 4 nitrogen and oxygen atoms in total. The van der Waals surface area contributed by atoms with Crippen LogP contribution in [0, 0.1) is 5.82 Å². The van der Waals surface area contributed by atoms with Gasteiger partial charge in [0.05, 0.1) is 7.11 Å². The van der Waals surface area contributed by atoms with E-state index in [2.05, 4.69) is 5.32 Å². The summed E-state index contributed by atoms with van der Waals surface area (Å²) in [5.74, 6) is -0.760. The van der Waals surface area contributed by atoms with Gasteiger partial charge in [-0.05, 0) is 32.0 Å². The van der Waals surface area contributed by atoms with Crippen molar-refractivity contribution in [2.24, 2.45) is 5.73 Å². The van der Waals surface area contributed by atoms with Crippen molar-refractivity contribution < 1.29 is 13.9 Å². The van der Waals surface area contributed by atoms with E-state index in [0.29, 0.717) is 12.1 Å². The van der Waals surface area contributed by atoms with Crippen molar-refractivity contribution in [1.29, 1.82) is 0 Å². The van der Waals surface area contributed by atoms with E-state index >= 15 is 0 Å². The van der Waals surface area contributed by atoms with Crippen LogP contribution < -0.4 is 15.8 Å². The molecule has 0 aliphatic heterocycles. The minimum Gasteiger partial charge on any atom is -0.494 e. The molecule has 17 heavy (non-hydrogen) atoms. The zero-order valence-electron chi connectivity index (χ0n) is 10.2. The Morgan fingerprint density at radius 2 is 2.18 bits per heavy atom. The number of rotatable bonds is 4. The van der Waals surface area contributed by atoms with E-state index < -0.39 is 11.4 Å². The Morgan fingerprint density at radius 3 is 2.71 bits per heavy atom. The summed E-state index contributed by atoms with van der Waals surface area (Å²) in [5.41, 5.74) is 5.35. The van der Waals surface area contributed by atoms with Crippen molar-refractivity contribution in [3.05, 3.63) is 29.6 Å². The lowest BCUT2D eigenvalue weighted by molar-refractivity contribution is 0.0915. The third-order valence-corrected chi connectivity index (χ3v) is 2.38. The average Bonchev–Trinajstić information content (AvgIpc) is 2.29. The minimum absolute atomic E-state index is 0.0446. The van der Waals surface area contributed by atoms with Crippen molar-refractivity contribution in [3.63, 3.8) is 0 Å². The molecule has 0 spiro atoms. The van der Waals surface area contributed by atoms with Crippen molar-refractivity contribution in [3.8, 4) is 5.75 Å². The number of hydrogen-bond acceptors (Lipinski definition) is 3. The Morgan fingerprint density at radius 1 is 1.53 bits per heavy atom. The molecule has 0 bridgehead atoms. The molecule has 0 unspecified atom stereocenters. The monoisotopic (exact) mass is 240 g/mol. The predicted octanol–water partition coefficient (Wildman–Crippen LogP) is 1.30. The molecular weight excluding hydrogens is 223 g/mol. The summed E-state index contributed by atoms with van der Waals surface area (Å²) in [7, 11) is 1.35. The minimum atomic E-state index is -0.501. The Labute approximate surface area is 100.0 Å². The highest BCUT2D eigenvalue weighted by Crippen LogP contribution is 2.18. The van der Waals surface area contributed by atoms with Crippen LogP contribution in [0.1, 0.15) is 24.2 Å². The number of carbonyl (C=O) groups excluding carboxylic acids is 1. The largest absolute Gasteiger partial charge is 0.494 e. The molecule has 0 aliphatic rings. The van der Waals surface area contributed by atoms with Gasteiger partial charge in [-0.15, -0.1) is 0 Å². The number of carbonyl (C=O) groups is 1. The Balaban J connectivity index is 2.90. The molecule has 3 N–H and O–H groups in total. The predicted molar refractivity (Wildman–Crippen MR) is 63.6 cm³/mol. The molecule has 0 aliphatic carbocycles. The molecule has 1 rings (SSSR count). The lowest BCUT2D eigenvalue weighted by Crippen LogP contribution is -2.48. The summed E-state index contributed by atoms with van der Waals surface area (Å²) in [4.78, 5) is 11.9. The van der Waals surface area contributed by atoms with Crippen LogP contribution in [0.4, 0.5) is 4.39 Å². The van der Waals surface area contributed by atoms with Crippen molar-refractivity contribution in [2.45, 2.75) is 19.4 Å². The Bertz CT molecular complexity index is 419. The number of methoxy groups -OCH3 is 1. The van der Waals surface area contributed by atoms with E-state index in [4.69, 9.17) is 10.5 Å².